The molecular weight excluding hydrogens is 224 g/mol. The number of hydrogen-bond donors (Lipinski definition) is 1. The highest BCUT2D eigenvalue weighted by Gasteiger charge is 2.14. The molecule has 0 bridgehead atoms. The quantitative estimate of drug-likeness (QED) is 0.412. The van der Waals surface area contributed by atoms with Crippen molar-refractivity contribution in [1.82, 2.24) is 5.32 Å². The summed E-state index contributed by atoms with van der Waals surface area (Å²) in [6.45, 7) is 3.58. The van der Waals surface area contributed by atoms with Crippen molar-refractivity contribution in [3.63, 3.8) is 0 Å². The maximum Gasteiger partial charge on any atom is 0.104 e. The van der Waals surface area contributed by atoms with E-state index in [4.69, 9.17) is 0 Å². The van der Waals surface area contributed by atoms with Crippen molar-refractivity contribution in [2.75, 3.05) is 33.4 Å². The fraction of sp³-hybridized carbons (Fsp3) is 0.571. The number of rotatable bonds is 8. The molecule has 1 rings (SSSR count). The molecule has 2 nitrogen and oxygen atoms in total. The standard InChI is InChI=1S/C14H27N2Si/c1-16(2,11-7-6-10-15-13-17)12-14-8-4-3-5-9-14/h3-5,8-9,15H,6-7,10-13H2,1-2,17H3/q+1. The zero-order valence-electron chi connectivity index (χ0n) is 11.6. The average Bonchev–Trinajstić information content (AvgIpc) is 2.29. The molecule has 0 saturated heterocycles. The molecule has 1 N–H and O–H groups in total. The van der Waals surface area contributed by atoms with Crippen LogP contribution in [0.5, 0.6) is 0 Å². The van der Waals surface area contributed by atoms with Crippen LogP contribution < -0.4 is 5.32 Å². The summed E-state index contributed by atoms with van der Waals surface area (Å²) in [7, 11) is 5.92. The smallest absolute Gasteiger partial charge is 0.104 e. The van der Waals surface area contributed by atoms with Gasteiger partial charge < -0.3 is 9.80 Å². The predicted octanol–water partition coefficient (Wildman–Crippen LogP) is 0.956. The Morgan fingerprint density at radius 1 is 1.12 bits per heavy atom. The van der Waals surface area contributed by atoms with Crippen LogP contribution in [0.2, 0.25) is 0 Å². The van der Waals surface area contributed by atoms with Crippen LogP contribution in [0, 0.1) is 0 Å². The van der Waals surface area contributed by atoms with Crippen LogP contribution in [0.3, 0.4) is 0 Å². The van der Waals surface area contributed by atoms with Crippen molar-refractivity contribution < 1.29 is 4.48 Å². The van der Waals surface area contributed by atoms with Gasteiger partial charge >= 0.3 is 0 Å². The first-order valence-corrected chi connectivity index (χ1v) is 8.12. The Balaban J connectivity index is 2.26. The van der Waals surface area contributed by atoms with Gasteiger partial charge in [-0.3, -0.25) is 0 Å². The van der Waals surface area contributed by atoms with Crippen LogP contribution in [0.25, 0.3) is 0 Å². The third-order valence-electron chi connectivity index (χ3n) is 3.07. The Hall–Kier alpha value is -0.643. The monoisotopic (exact) mass is 251 g/mol. The molecule has 0 heterocycles. The average molecular weight is 251 g/mol. The van der Waals surface area contributed by atoms with Crippen molar-refractivity contribution in [3.05, 3.63) is 35.9 Å². The molecule has 0 unspecified atom stereocenters. The molecule has 3 heteroatoms. The third-order valence-corrected chi connectivity index (χ3v) is 3.57. The molecule has 17 heavy (non-hydrogen) atoms. The van der Waals surface area contributed by atoms with E-state index < -0.39 is 0 Å². The van der Waals surface area contributed by atoms with E-state index in [1.165, 1.54) is 47.9 Å². The molecule has 0 aliphatic carbocycles. The van der Waals surface area contributed by atoms with Gasteiger partial charge in [-0.25, -0.2) is 0 Å². The number of nitrogens with zero attached hydrogens (tertiary/aromatic N) is 1. The molecule has 0 aliphatic heterocycles. The Bertz CT molecular complexity index is 298. The summed E-state index contributed by atoms with van der Waals surface area (Å²) in [6.07, 6.45) is 3.84. The van der Waals surface area contributed by atoms with Crippen LogP contribution >= 0.6 is 0 Å². The van der Waals surface area contributed by atoms with E-state index in [2.05, 4.69) is 49.7 Å². The lowest BCUT2D eigenvalue weighted by atomic mass is 10.2. The van der Waals surface area contributed by atoms with Gasteiger partial charge in [0.2, 0.25) is 0 Å². The SMILES string of the molecule is C[N+](C)(CCCCNC[SiH3])Cc1ccccc1. The zero-order chi connectivity index (χ0) is 12.6. The van der Waals surface area contributed by atoms with Gasteiger partial charge in [0.05, 0.1) is 20.6 Å². The molecule has 0 atom stereocenters. The molecule has 0 aliphatic rings. The van der Waals surface area contributed by atoms with Crippen molar-refractivity contribution >= 4 is 10.2 Å². The fourth-order valence-electron chi connectivity index (χ4n) is 2.12. The van der Waals surface area contributed by atoms with Crippen molar-refractivity contribution in [1.29, 1.82) is 0 Å². The highest BCUT2D eigenvalue weighted by molar-refractivity contribution is 6.08. The predicted molar refractivity (Wildman–Crippen MR) is 79.2 cm³/mol. The van der Waals surface area contributed by atoms with E-state index in [9.17, 15) is 0 Å². The molecule has 0 saturated carbocycles. The van der Waals surface area contributed by atoms with E-state index in [0.717, 1.165) is 11.0 Å². The van der Waals surface area contributed by atoms with E-state index in [1.54, 1.807) is 0 Å². The number of benzene rings is 1. The molecule has 96 valence electrons. The number of unbranched alkanes of at least 4 members (excludes halogenated alkanes) is 1. The summed E-state index contributed by atoms with van der Waals surface area (Å²) in [4.78, 5) is 0. The molecular formula is C14H27N2Si+. The fourth-order valence-corrected chi connectivity index (χ4v) is 2.48. The van der Waals surface area contributed by atoms with Crippen molar-refractivity contribution in [3.8, 4) is 0 Å². The molecule has 1 aromatic carbocycles. The number of hydrogen-bond acceptors (Lipinski definition) is 1. The first-order valence-electron chi connectivity index (χ1n) is 6.71. The maximum absolute atomic E-state index is 3.44. The van der Waals surface area contributed by atoms with Crippen LogP contribution in [0.4, 0.5) is 0 Å². The summed E-state index contributed by atoms with van der Waals surface area (Å²) in [6, 6.07) is 10.8. The molecule has 0 radical (unpaired) electrons. The van der Waals surface area contributed by atoms with Crippen molar-refractivity contribution in [2.24, 2.45) is 0 Å². The lowest BCUT2D eigenvalue weighted by Gasteiger charge is -2.30. The minimum absolute atomic E-state index is 1.09. The molecule has 0 aromatic heterocycles. The van der Waals surface area contributed by atoms with E-state index >= 15 is 0 Å². The Morgan fingerprint density at radius 3 is 2.47 bits per heavy atom. The minimum Gasteiger partial charge on any atom is -0.325 e. The van der Waals surface area contributed by atoms with Gasteiger partial charge in [0.1, 0.15) is 6.54 Å². The number of nitrogens with one attached hydrogen (secondary N) is 1. The molecule has 0 fully saturated rings. The largest absolute Gasteiger partial charge is 0.325 e. The summed E-state index contributed by atoms with van der Waals surface area (Å²) < 4.78 is 1.09. The van der Waals surface area contributed by atoms with E-state index in [1.807, 2.05) is 0 Å². The number of quaternary nitrogens is 1. The molecule has 0 spiro atoms. The molecule has 1 aromatic rings. The summed E-state index contributed by atoms with van der Waals surface area (Å²) in [5.41, 5.74) is 1.44. The second kappa shape index (κ2) is 7.64. The Morgan fingerprint density at radius 2 is 1.82 bits per heavy atom. The van der Waals surface area contributed by atoms with Crippen LogP contribution in [0.1, 0.15) is 18.4 Å². The first-order chi connectivity index (χ1) is 8.14. The Kier molecular flexibility index (Phi) is 6.48. The lowest BCUT2D eigenvalue weighted by Crippen LogP contribution is -2.39. The minimum atomic E-state index is 1.09. The highest BCUT2D eigenvalue weighted by Crippen LogP contribution is 2.10. The van der Waals surface area contributed by atoms with Gasteiger partial charge in [0.25, 0.3) is 0 Å². The third kappa shape index (κ3) is 6.61. The van der Waals surface area contributed by atoms with Crippen LogP contribution in [0.15, 0.2) is 30.3 Å². The van der Waals surface area contributed by atoms with Gasteiger partial charge in [-0.1, -0.05) is 30.3 Å². The lowest BCUT2D eigenvalue weighted by molar-refractivity contribution is -0.903. The highest BCUT2D eigenvalue weighted by atomic mass is 28.1. The molecule has 0 amide bonds. The van der Waals surface area contributed by atoms with Gasteiger partial charge in [0.15, 0.2) is 0 Å². The maximum atomic E-state index is 3.44. The van der Waals surface area contributed by atoms with E-state index in [-0.39, 0.29) is 0 Å². The van der Waals surface area contributed by atoms with Gasteiger partial charge in [-0.2, -0.15) is 0 Å². The normalized spacial score (nSPS) is 11.9. The first kappa shape index (κ1) is 14.4. The Labute approximate surface area is 109 Å². The topological polar surface area (TPSA) is 12.0 Å². The summed E-state index contributed by atoms with van der Waals surface area (Å²) >= 11 is 0. The van der Waals surface area contributed by atoms with Gasteiger partial charge in [0, 0.05) is 15.8 Å². The van der Waals surface area contributed by atoms with Crippen LogP contribution in [-0.4, -0.2) is 48.1 Å². The van der Waals surface area contributed by atoms with E-state index in [0.29, 0.717) is 0 Å². The van der Waals surface area contributed by atoms with Crippen LogP contribution in [-0.2, 0) is 6.54 Å². The zero-order valence-corrected chi connectivity index (χ0v) is 13.6. The van der Waals surface area contributed by atoms with Gasteiger partial charge in [-0.05, 0) is 25.6 Å². The second-order valence-electron chi connectivity index (χ2n) is 5.36. The van der Waals surface area contributed by atoms with Gasteiger partial charge in [-0.15, -0.1) is 0 Å². The van der Waals surface area contributed by atoms with Crippen molar-refractivity contribution in [2.45, 2.75) is 19.4 Å². The second-order valence-corrected chi connectivity index (χ2v) is 6.07. The summed E-state index contributed by atoms with van der Waals surface area (Å²) in [5, 5.41) is 3.44. The summed E-state index contributed by atoms with van der Waals surface area (Å²) in [5.74, 6) is 0.